The molecule has 0 aromatic carbocycles. The largest absolute Gasteiger partial charge is 0.481 e. The van der Waals surface area contributed by atoms with Crippen molar-refractivity contribution in [1.29, 1.82) is 0 Å². The van der Waals surface area contributed by atoms with Crippen LogP contribution in [0.5, 0.6) is 0 Å². The highest BCUT2D eigenvalue weighted by molar-refractivity contribution is 5.83. The third-order valence-corrected chi connectivity index (χ3v) is 5.40. The molecule has 4 nitrogen and oxygen atoms in total. The molecule has 1 aliphatic rings. The van der Waals surface area contributed by atoms with Crippen LogP contribution in [0.15, 0.2) is 58.7 Å². The summed E-state index contributed by atoms with van der Waals surface area (Å²) in [5, 5.41) is 8.57. The minimum absolute atomic E-state index is 0.162. The molecule has 0 bridgehead atoms. The second kappa shape index (κ2) is 13.0. The first-order chi connectivity index (χ1) is 14.1. The SMILES string of the molecule is CC1=C(/C=C/C(C)=C/C=C/C(C)=C/C(=O)OCCCCCC(=O)O)C(C)(C)CCC1. The second-order valence-electron chi connectivity index (χ2n) is 8.79. The summed E-state index contributed by atoms with van der Waals surface area (Å²) in [4.78, 5) is 22.2. The van der Waals surface area contributed by atoms with E-state index in [1.807, 2.05) is 25.2 Å². The van der Waals surface area contributed by atoms with Crippen LogP contribution in [0.4, 0.5) is 0 Å². The van der Waals surface area contributed by atoms with Crippen molar-refractivity contribution in [2.75, 3.05) is 6.61 Å². The molecule has 4 heteroatoms. The molecule has 0 aromatic rings. The zero-order valence-corrected chi connectivity index (χ0v) is 19.3. The average Bonchev–Trinajstić information content (AvgIpc) is 2.63. The van der Waals surface area contributed by atoms with Crippen molar-refractivity contribution < 1.29 is 19.4 Å². The van der Waals surface area contributed by atoms with E-state index in [9.17, 15) is 9.59 Å². The standard InChI is InChI=1S/C26H38O4/c1-20(15-16-23-22(3)13-10-17-26(23,4)5)11-9-12-21(2)19-25(29)30-18-8-6-7-14-24(27)28/h9,11-12,15-16,19H,6-8,10,13-14,17-18H2,1-5H3,(H,27,28)/b12-9+,16-15+,20-11+,21-19+. The molecule has 0 aromatic heterocycles. The van der Waals surface area contributed by atoms with Gasteiger partial charge in [-0.2, -0.15) is 0 Å². The summed E-state index contributed by atoms with van der Waals surface area (Å²) in [5.41, 5.74) is 5.16. The number of hydrogen-bond acceptors (Lipinski definition) is 3. The van der Waals surface area contributed by atoms with Crippen LogP contribution in [0.1, 0.15) is 79.6 Å². The number of rotatable bonds is 11. The number of carboxylic acid groups (broad SMARTS) is 1. The Morgan fingerprint density at radius 2 is 1.83 bits per heavy atom. The number of carbonyl (C=O) groups is 2. The molecule has 0 amide bonds. The van der Waals surface area contributed by atoms with Gasteiger partial charge in [0.25, 0.3) is 0 Å². The highest BCUT2D eigenvalue weighted by Gasteiger charge is 2.26. The van der Waals surface area contributed by atoms with Gasteiger partial charge in [0, 0.05) is 12.5 Å². The van der Waals surface area contributed by atoms with E-state index < -0.39 is 5.97 Å². The summed E-state index contributed by atoms with van der Waals surface area (Å²) >= 11 is 0. The van der Waals surface area contributed by atoms with Crippen LogP contribution in [0.25, 0.3) is 0 Å². The van der Waals surface area contributed by atoms with Gasteiger partial charge in [-0.3, -0.25) is 4.79 Å². The number of unbranched alkanes of at least 4 members (excludes halogenated alkanes) is 2. The Bertz CT molecular complexity index is 745. The quantitative estimate of drug-likeness (QED) is 0.177. The van der Waals surface area contributed by atoms with Crippen molar-refractivity contribution in [2.45, 2.75) is 79.6 Å². The number of carboxylic acids is 1. The molecule has 0 aliphatic heterocycles. The Balaban J connectivity index is 2.47. The Kier molecular flexibility index (Phi) is 11.2. The lowest BCUT2D eigenvalue weighted by atomic mass is 9.72. The second-order valence-corrected chi connectivity index (χ2v) is 8.79. The fourth-order valence-corrected chi connectivity index (χ4v) is 3.64. The fourth-order valence-electron chi connectivity index (χ4n) is 3.64. The van der Waals surface area contributed by atoms with Gasteiger partial charge in [0.15, 0.2) is 0 Å². The Labute approximate surface area is 182 Å². The van der Waals surface area contributed by atoms with Crippen molar-refractivity contribution in [2.24, 2.45) is 5.41 Å². The van der Waals surface area contributed by atoms with Crippen molar-refractivity contribution in [3.05, 3.63) is 58.7 Å². The van der Waals surface area contributed by atoms with Gasteiger partial charge in [0.1, 0.15) is 0 Å². The Morgan fingerprint density at radius 3 is 2.50 bits per heavy atom. The lowest BCUT2D eigenvalue weighted by Crippen LogP contribution is -2.19. The van der Waals surface area contributed by atoms with E-state index in [1.54, 1.807) is 0 Å². The van der Waals surface area contributed by atoms with Gasteiger partial charge >= 0.3 is 11.9 Å². The molecule has 0 saturated heterocycles. The van der Waals surface area contributed by atoms with Crippen LogP contribution >= 0.6 is 0 Å². The van der Waals surface area contributed by atoms with Crippen molar-refractivity contribution in [1.82, 2.24) is 0 Å². The molecule has 0 spiro atoms. The highest BCUT2D eigenvalue weighted by atomic mass is 16.5. The third kappa shape index (κ3) is 10.4. The van der Waals surface area contributed by atoms with Gasteiger partial charge in [0.05, 0.1) is 6.61 Å². The van der Waals surface area contributed by atoms with Crippen LogP contribution < -0.4 is 0 Å². The number of carbonyl (C=O) groups excluding carboxylic acids is 1. The first kappa shape index (κ1) is 25.7. The van der Waals surface area contributed by atoms with E-state index in [1.165, 1.54) is 36.5 Å². The predicted molar refractivity (Wildman–Crippen MR) is 123 cm³/mol. The zero-order valence-electron chi connectivity index (χ0n) is 19.3. The van der Waals surface area contributed by atoms with Gasteiger partial charge in [-0.05, 0) is 75.9 Å². The van der Waals surface area contributed by atoms with Gasteiger partial charge in [-0.25, -0.2) is 4.79 Å². The van der Waals surface area contributed by atoms with E-state index in [2.05, 4.69) is 39.8 Å². The van der Waals surface area contributed by atoms with Crippen LogP contribution in [-0.4, -0.2) is 23.7 Å². The van der Waals surface area contributed by atoms with Gasteiger partial charge in [-0.15, -0.1) is 0 Å². The summed E-state index contributed by atoms with van der Waals surface area (Å²) < 4.78 is 5.15. The molecule has 166 valence electrons. The number of esters is 1. The molecule has 30 heavy (non-hydrogen) atoms. The lowest BCUT2D eigenvalue weighted by molar-refractivity contribution is -0.139. The smallest absolute Gasteiger partial charge is 0.331 e. The molecule has 0 saturated carbocycles. The van der Waals surface area contributed by atoms with Crippen LogP contribution in [0.3, 0.4) is 0 Å². The van der Waals surface area contributed by atoms with E-state index in [0.29, 0.717) is 19.4 Å². The van der Waals surface area contributed by atoms with Crippen molar-refractivity contribution >= 4 is 11.9 Å². The average molecular weight is 415 g/mol. The minimum atomic E-state index is -0.790. The molecule has 1 aliphatic carbocycles. The molecular weight excluding hydrogens is 376 g/mol. The number of hydrogen-bond donors (Lipinski definition) is 1. The summed E-state index contributed by atoms with van der Waals surface area (Å²) in [7, 11) is 0. The van der Waals surface area contributed by atoms with Gasteiger partial charge < -0.3 is 9.84 Å². The molecule has 1 N–H and O–H groups in total. The zero-order chi connectivity index (χ0) is 22.6. The normalized spacial score (nSPS) is 17.8. The Morgan fingerprint density at radius 1 is 1.10 bits per heavy atom. The van der Waals surface area contributed by atoms with E-state index in [4.69, 9.17) is 9.84 Å². The number of allylic oxidation sites excluding steroid dienone is 9. The van der Waals surface area contributed by atoms with Crippen molar-refractivity contribution in [3.8, 4) is 0 Å². The fraction of sp³-hybridized carbons (Fsp3) is 0.538. The lowest BCUT2D eigenvalue weighted by Gasteiger charge is -2.32. The first-order valence-corrected chi connectivity index (χ1v) is 10.9. The highest BCUT2D eigenvalue weighted by Crippen LogP contribution is 2.40. The molecule has 0 heterocycles. The first-order valence-electron chi connectivity index (χ1n) is 10.9. The third-order valence-electron chi connectivity index (χ3n) is 5.40. The van der Waals surface area contributed by atoms with E-state index in [-0.39, 0.29) is 17.8 Å². The summed E-state index contributed by atoms with van der Waals surface area (Å²) in [6.07, 6.45) is 17.6. The maximum absolute atomic E-state index is 11.8. The summed E-state index contributed by atoms with van der Waals surface area (Å²) in [6.45, 7) is 11.1. The maximum Gasteiger partial charge on any atom is 0.331 e. The monoisotopic (exact) mass is 414 g/mol. The summed E-state index contributed by atoms with van der Waals surface area (Å²) in [5.74, 6) is -1.15. The minimum Gasteiger partial charge on any atom is -0.481 e. The van der Waals surface area contributed by atoms with E-state index >= 15 is 0 Å². The van der Waals surface area contributed by atoms with Crippen LogP contribution in [-0.2, 0) is 14.3 Å². The van der Waals surface area contributed by atoms with Gasteiger partial charge in [0.2, 0.25) is 0 Å². The van der Waals surface area contributed by atoms with Crippen LogP contribution in [0, 0.1) is 5.41 Å². The molecule has 0 radical (unpaired) electrons. The predicted octanol–water partition coefficient (Wildman–Crippen LogP) is 6.71. The van der Waals surface area contributed by atoms with E-state index in [0.717, 1.165) is 17.6 Å². The number of ether oxygens (including phenoxy) is 1. The molecule has 0 unspecified atom stereocenters. The van der Waals surface area contributed by atoms with Gasteiger partial charge in [-0.1, -0.05) is 55.4 Å². The molecule has 0 fully saturated rings. The topological polar surface area (TPSA) is 63.6 Å². The Hall–Kier alpha value is -2.36. The number of aliphatic carboxylic acids is 1. The molecule has 1 rings (SSSR count). The van der Waals surface area contributed by atoms with Crippen molar-refractivity contribution in [3.63, 3.8) is 0 Å². The maximum atomic E-state index is 11.8. The van der Waals surface area contributed by atoms with Crippen LogP contribution in [0.2, 0.25) is 0 Å². The summed E-state index contributed by atoms with van der Waals surface area (Å²) in [6, 6.07) is 0. The molecular formula is C26H38O4. The molecule has 0 atom stereocenters.